The molecule has 1 atom stereocenters. The number of hydrogen-bond acceptors (Lipinski definition) is 6. The topological polar surface area (TPSA) is 69.0 Å². The minimum absolute atomic E-state index is 0.178. The number of carbonyl (C=O) groups is 1. The first-order valence-electron chi connectivity index (χ1n) is 11.2. The number of aromatic nitrogens is 3. The van der Waals surface area contributed by atoms with Crippen LogP contribution in [0.25, 0.3) is 0 Å². The molecule has 6 nitrogen and oxygen atoms in total. The minimum atomic E-state index is -0.287. The van der Waals surface area contributed by atoms with Crippen LogP contribution < -0.4 is 10.1 Å². The van der Waals surface area contributed by atoms with Crippen molar-refractivity contribution >= 4 is 35.1 Å². The minimum Gasteiger partial charge on any atom is -0.489 e. The molecule has 1 aliphatic carbocycles. The molecule has 33 heavy (non-hydrogen) atoms. The number of ether oxygens (including phenoxy) is 1. The molecule has 2 aromatic carbocycles. The highest BCUT2D eigenvalue weighted by Crippen LogP contribution is 2.41. The molecule has 0 spiro atoms. The highest BCUT2D eigenvalue weighted by molar-refractivity contribution is 7.99. The number of anilines is 1. The van der Waals surface area contributed by atoms with Crippen LogP contribution >= 0.6 is 23.4 Å². The van der Waals surface area contributed by atoms with E-state index in [-0.39, 0.29) is 11.8 Å². The van der Waals surface area contributed by atoms with Crippen LogP contribution in [0.1, 0.15) is 49.8 Å². The van der Waals surface area contributed by atoms with Crippen molar-refractivity contribution in [2.75, 3.05) is 11.1 Å². The summed E-state index contributed by atoms with van der Waals surface area (Å²) in [6, 6.07) is 15.3. The lowest BCUT2D eigenvalue weighted by atomic mass is 9.85. The molecule has 1 unspecified atom stereocenters. The van der Waals surface area contributed by atoms with E-state index in [0.29, 0.717) is 24.0 Å². The lowest BCUT2D eigenvalue weighted by molar-refractivity contribution is -0.116. The Morgan fingerprint density at radius 2 is 2.00 bits per heavy atom. The third-order valence-corrected chi connectivity index (χ3v) is 7.24. The van der Waals surface area contributed by atoms with Gasteiger partial charge in [0.1, 0.15) is 18.4 Å². The number of nitrogens with zero attached hydrogens (tertiary/aromatic N) is 3. The first-order chi connectivity index (χ1) is 16.1. The van der Waals surface area contributed by atoms with Crippen molar-refractivity contribution in [3.63, 3.8) is 0 Å². The van der Waals surface area contributed by atoms with Crippen LogP contribution in [0.15, 0.2) is 65.0 Å². The summed E-state index contributed by atoms with van der Waals surface area (Å²) in [5.41, 5.74) is 3.70. The quantitative estimate of drug-likeness (QED) is 0.416. The van der Waals surface area contributed by atoms with Gasteiger partial charge in [-0.2, -0.15) is 4.98 Å². The highest BCUT2D eigenvalue weighted by Gasteiger charge is 2.36. The average molecular weight is 481 g/mol. The summed E-state index contributed by atoms with van der Waals surface area (Å²) in [6.45, 7) is 2.53. The number of halogens is 1. The molecule has 1 aromatic heterocycles. The van der Waals surface area contributed by atoms with E-state index < -0.39 is 0 Å². The molecule has 0 bridgehead atoms. The van der Waals surface area contributed by atoms with Crippen molar-refractivity contribution in [2.45, 2.75) is 50.4 Å². The Kier molecular flexibility index (Phi) is 6.42. The summed E-state index contributed by atoms with van der Waals surface area (Å²) >= 11 is 7.87. The Labute approximate surface area is 202 Å². The fourth-order valence-corrected chi connectivity index (χ4v) is 5.10. The summed E-state index contributed by atoms with van der Waals surface area (Å²) in [7, 11) is 0. The highest BCUT2D eigenvalue weighted by atomic mass is 35.5. The second-order valence-electron chi connectivity index (χ2n) is 8.16. The molecule has 2 heterocycles. The third-order valence-electron chi connectivity index (χ3n) is 5.83. The molecular formula is C25H25ClN4O2S. The maximum Gasteiger partial charge on any atom is 0.227 e. The predicted molar refractivity (Wildman–Crippen MR) is 131 cm³/mol. The molecule has 1 N–H and O–H groups in total. The third kappa shape index (κ3) is 4.52. The van der Waals surface area contributed by atoms with Crippen LogP contribution in [0.5, 0.6) is 5.75 Å². The fourth-order valence-electron chi connectivity index (χ4n) is 4.22. The molecule has 1 aliphatic heterocycles. The summed E-state index contributed by atoms with van der Waals surface area (Å²) in [6.07, 6.45) is 3.32. The van der Waals surface area contributed by atoms with Crippen molar-refractivity contribution in [3.05, 3.63) is 76.0 Å². The maximum absolute atomic E-state index is 13.0. The first-order valence-corrected chi connectivity index (χ1v) is 12.6. The van der Waals surface area contributed by atoms with Gasteiger partial charge in [0.15, 0.2) is 5.78 Å². The SMILES string of the molecule is CCCSc1nc2n(n1)C(c1ccc(OCc3ccccc3Cl)cc1)C1=C(CCCC1=O)N2. The number of Topliss-reactive ketones (excluding diaryl/α,β-unsaturated/α-hetero) is 1. The molecule has 0 amide bonds. The van der Waals surface area contributed by atoms with E-state index in [2.05, 4.69) is 17.2 Å². The molecule has 0 fully saturated rings. The number of hydrogen-bond donors (Lipinski definition) is 1. The zero-order valence-corrected chi connectivity index (χ0v) is 20.0. The van der Waals surface area contributed by atoms with Crippen LogP contribution in [0.3, 0.4) is 0 Å². The van der Waals surface area contributed by atoms with Gasteiger partial charge in [-0.15, -0.1) is 5.10 Å². The summed E-state index contributed by atoms with van der Waals surface area (Å²) in [5, 5.41) is 9.55. The Morgan fingerprint density at radius 1 is 1.18 bits per heavy atom. The lowest BCUT2D eigenvalue weighted by Gasteiger charge is -2.32. The molecule has 2 aliphatic rings. The summed E-state index contributed by atoms with van der Waals surface area (Å²) in [5.74, 6) is 2.58. The number of allylic oxidation sites excluding steroid dienone is 2. The van der Waals surface area contributed by atoms with E-state index >= 15 is 0 Å². The fraction of sp³-hybridized carbons (Fsp3) is 0.320. The standard InChI is InChI=1S/C25H25ClN4O2S/c1-2-14-33-25-28-24-27-20-8-5-9-21(31)22(20)23(30(24)29-25)16-10-12-18(13-11-16)32-15-17-6-3-4-7-19(17)26/h3-4,6-7,10-13,23H,2,5,8-9,14-15H2,1H3,(H,27,28,29). The molecule has 0 saturated carbocycles. The zero-order chi connectivity index (χ0) is 22.8. The van der Waals surface area contributed by atoms with E-state index in [1.54, 1.807) is 11.8 Å². The van der Waals surface area contributed by atoms with E-state index in [4.69, 9.17) is 21.4 Å². The number of carbonyl (C=O) groups excluding carboxylic acids is 1. The van der Waals surface area contributed by atoms with Crippen molar-refractivity contribution in [1.29, 1.82) is 0 Å². The predicted octanol–water partition coefficient (Wildman–Crippen LogP) is 6.03. The molecule has 8 heteroatoms. The number of nitrogens with one attached hydrogen (secondary N) is 1. The van der Waals surface area contributed by atoms with Crippen molar-refractivity contribution in [2.24, 2.45) is 0 Å². The Bertz CT molecular complexity index is 1210. The zero-order valence-electron chi connectivity index (χ0n) is 18.4. The molecule has 0 radical (unpaired) electrons. The van der Waals surface area contributed by atoms with Gasteiger partial charge in [0.2, 0.25) is 11.1 Å². The van der Waals surface area contributed by atoms with Crippen LogP contribution in [-0.4, -0.2) is 26.3 Å². The normalized spacial score (nSPS) is 17.4. The Balaban J connectivity index is 1.43. The van der Waals surface area contributed by atoms with E-state index in [9.17, 15) is 4.79 Å². The monoisotopic (exact) mass is 480 g/mol. The average Bonchev–Trinajstić information content (AvgIpc) is 3.24. The van der Waals surface area contributed by atoms with E-state index in [1.807, 2.05) is 53.2 Å². The number of ketones is 1. The van der Waals surface area contributed by atoms with Crippen LogP contribution in [0, 0.1) is 0 Å². The smallest absolute Gasteiger partial charge is 0.227 e. The lowest BCUT2D eigenvalue weighted by Crippen LogP contribution is -2.31. The molecular weight excluding hydrogens is 456 g/mol. The van der Waals surface area contributed by atoms with E-state index in [0.717, 1.165) is 58.3 Å². The van der Waals surface area contributed by atoms with Gasteiger partial charge in [0.25, 0.3) is 0 Å². The van der Waals surface area contributed by atoms with Crippen molar-refractivity contribution in [3.8, 4) is 5.75 Å². The van der Waals surface area contributed by atoms with Crippen LogP contribution in [-0.2, 0) is 11.4 Å². The molecule has 5 rings (SSSR count). The van der Waals surface area contributed by atoms with Gasteiger partial charge in [-0.3, -0.25) is 4.79 Å². The second-order valence-corrected chi connectivity index (χ2v) is 9.63. The number of thioether (sulfide) groups is 1. The van der Waals surface area contributed by atoms with Gasteiger partial charge in [0, 0.05) is 34.0 Å². The molecule has 170 valence electrons. The van der Waals surface area contributed by atoms with Gasteiger partial charge in [-0.1, -0.05) is 60.6 Å². The van der Waals surface area contributed by atoms with Crippen molar-refractivity contribution in [1.82, 2.24) is 14.8 Å². The van der Waals surface area contributed by atoms with Gasteiger partial charge >= 0.3 is 0 Å². The Morgan fingerprint density at radius 3 is 2.79 bits per heavy atom. The molecule has 0 saturated heterocycles. The number of rotatable bonds is 7. The first kappa shape index (κ1) is 22.0. The number of fused-ring (bicyclic) bond motifs is 1. The van der Waals surface area contributed by atoms with Crippen LogP contribution in [0.4, 0.5) is 5.95 Å². The largest absolute Gasteiger partial charge is 0.489 e. The van der Waals surface area contributed by atoms with Gasteiger partial charge in [0.05, 0.1) is 0 Å². The van der Waals surface area contributed by atoms with Gasteiger partial charge in [-0.05, 0) is 43.0 Å². The summed E-state index contributed by atoms with van der Waals surface area (Å²) in [4.78, 5) is 17.6. The Hall–Kier alpha value is -2.77. The maximum atomic E-state index is 13.0. The van der Waals surface area contributed by atoms with E-state index in [1.165, 1.54) is 0 Å². The van der Waals surface area contributed by atoms with Crippen LogP contribution in [0.2, 0.25) is 5.02 Å². The number of benzene rings is 2. The molecule has 3 aromatic rings. The van der Waals surface area contributed by atoms with Gasteiger partial charge < -0.3 is 10.1 Å². The summed E-state index contributed by atoms with van der Waals surface area (Å²) < 4.78 is 7.81. The van der Waals surface area contributed by atoms with Gasteiger partial charge in [-0.25, -0.2) is 4.68 Å². The second kappa shape index (κ2) is 9.61. The van der Waals surface area contributed by atoms with Crippen molar-refractivity contribution < 1.29 is 9.53 Å².